The Kier molecular flexibility index (Phi) is 9.21. The third-order valence-electron chi connectivity index (χ3n) is 2.82. The molecule has 1 unspecified atom stereocenters. The Morgan fingerprint density at radius 1 is 1.13 bits per heavy atom. The molecule has 90 valence electrons. The molecule has 0 aliphatic carbocycles. The van der Waals surface area contributed by atoms with Gasteiger partial charge in [-0.05, 0) is 6.42 Å². The van der Waals surface area contributed by atoms with E-state index in [0.717, 1.165) is 6.67 Å². The van der Waals surface area contributed by atoms with Crippen LogP contribution >= 0.6 is 0 Å². The Hall–Kier alpha value is -0.0200. The van der Waals surface area contributed by atoms with Crippen molar-refractivity contribution in [2.75, 3.05) is 20.3 Å². The molecule has 0 aromatic rings. The summed E-state index contributed by atoms with van der Waals surface area (Å²) in [6.45, 7) is 4.68. The molecule has 0 aromatic heterocycles. The summed E-state index contributed by atoms with van der Waals surface area (Å²) in [5, 5.41) is 0. The van der Waals surface area contributed by atoms with E-state index in [0.29, 0.717) is 0 Å². The molecule has 0 saturated carbocycles. The van der Waals surface area contributed by atoms with E-state index in [-0.39, 0.29) is 17.0 Å². The van der Waals surface area contributed by atoms with Crippen molar-refractivity contribution in [1.29, 1.82) is 0 Å². The molecule has 1 N–H and O–H groups in total. The highest BCUT2D eigenvalue weighted by atomic mass is 79.9. The molecule has 0 spiro atoms. The van der Waals surface area contributed by atoms with E-state index in [2.05, 4.69) is 31.3 Å². The minimum absolute atomic E-state index is 0. The highest BCUT2D eigenvalue weighted by Gasteiger charge is 2.10. The number of hydrogen-bond acceptors (Lipinski definition) is 1. The third kappa shape index (κ3) is 6.96. The zero-order valence-corrected chi connectivity index (χ0v) is 11.7. The largest absolute Gasteiger partial charge is 1.00 e. The van der Waals surface area contributed by atoms with Gasteiger partial charge < -0.3 is 21.9 Å². The Balaban J connectivity index is 0.00000196. The predicted octanol–water partition coefficient (Wildman–Crippen LogP) is -1.39. The summed E-state index contributed by atoms with van der Waals surface area (Å²) in [5.74, 6) is 0. The van der Waals surface area contributed by atoms with Crippen molar-refractivity contribution in [1.82, 2.24) is 4.90 Å². The van der Waals surface area contributed by atoms with Gasteiger partial charge in [0.2, 0.25) is 0 Å². The number of nitrogens with one attached hydrogen (secondary N) is 1. The number of hydrogen-bond donors (Lipinski definition) is 1. The zero-order chi connectivity index (χ0) is 10.2. The van der Waals surface area contributed by atoms with Gasteiger partial charge in [-0.15, -0.1) is 0 Å². The van der Waals surface area contributed by atoms with Gasteiger partial charge >= 0.3 is 0 Å². The van der Waals surface area contributed by atoms with E-state index in [1.54, 1.807) is 0 Å². The summed E-state index contributed by atoms with van der Waals surface area (Å²) in [4.78, 5) is 3.92. The van der Waals surface area contributed by atoms with Gasteiger partial charge in [-0.3, -0.25) is 4.90 Å². The first-order valence-electron chi connectivity index (χ1n) is 6.07. The normalized spacial score (nSPS) is 19.3. The lowest BCUT2D eigenvalue weighted by Gasteiger charge is -2.14. The molecule has 3 heteroatoms. The van der Waals surface area contributed by atoms with Gasteiger partial charge in [-0.25, -0.2) is 0 Å². The molecule has 0 bridgehead atoms. The average molecular weight is 277 g/mol. The van der Waals surface area contributed by atoms with Gasteiger partial charge in [0.05, 0.1) is 13.2 Å². The van der Waals surface area contributed by atoms with Crippen LogP contribution in [0.15, 0.2) is 12.4 Å². The minimum Gasteiger partial charge on any atom is -1.00 e. The average Bonchev–Trinajstić information content (AvgIpc) is 2.58. The van der Waals surface area contributed by atoms with Gasteiger partial charge in [0.1, 0.15) is 6.20 Å². The van der Waals surface area contributed by atoms with Crippen LogP contribution in [0.1, 0.15) is 45.4 Å². The van der Waals surface area contributed by atoms with E-state index < -0.39 is 0 Å². The molecule has 1 aliphatic heterocycles. The van der Waals surface area contributed by atoms with Crippen LogP contribution < -0.4 is 21.9 Å². The molecule has 0 saturated heterocycles. The van der Waals surface area contributed by atoms with Crippen LogP contribution in [0.25, 0.3) is 0 Å². The summed E-state index contributed by atoms with van der Waals surface area (Å²) in [6, 6.07) is 0. The Bertz CT molecular complexity index is 171. The third-order valence-corrected chi connectivity index (χ3v) is 2.82. The number of quaternary nitrogens is 1. The Labute approximate surface area is 105 Å². The van der Waals surface area contributed by atoms with Crippen LogP contribution in [0, 0.1) is 0 Å². The summed E-state index contributed by atoms with van der Waals surface area (Å²) < 4.78 is 0. The maximum atomic E-state index is 2.43. The Morgan fingerprint density at radius 2 is 1.80 bits per heavy atom. The Morgan fingerprint density at radius 3 is 2.40 bits per heavy atom. The summed E-state index contributed by atoms with van der Waals surface area (Å²) >= 11 is 0. The van der Waals surface area contributed by atoms with Crippen molar-refractivity contribution in [3.63, 3.8) is 0 Å². The second-order valence-electron chi connectivity index (χ2n) is 4.40. The predicted molar refractivity (Wildman–Crippen MR) is 61.0 cm³/mol. The molecule has 1 atom stereocenters. The number of halogens is 1. The number of unbranched alkanes of at least 4 members (excludes halogenated alkanes) is 5. The molecule has 1 rings (SSSR count). The van der Waals surface area contributed by atoms with Crippen molar-refractivity contribution >= 4 is 0 Å². The van der Waals surface area contributed by atoms with Crippen molar-refractivity contribution in [2.45, 2.75) is 45.4 Å². The van der Waals surface area contributed by atoms with Crippen molar-refractivity contribution in [3.8, 4) is 0 Å². The molecule has 0 aromatic carbocycles. The van der Waals surface area contributed by atoms with E-state index in [1.165, 1.54) is 50.0 Å². The highest BCUT2D eigenvalue weighted by molar-refractivity contribution is 4.76. The van der Waals surface area contributed by atoms with Crippen molar-refractivity contribution in [2.24, 2.45) is 0 Å². The first-order valence-corrected chi connectivity index (χ1v) is 6.07. The molecule has 0 radical (unpaired) electrons. The van der Waals surface area contributed by atoms with Gasteiger partial charge in [0.25, 0.3) is 0 Å². The fourth-order valence-corrected chi connectivity index (χ4v) is 1.91. The molecule has 15 heavy (non-hydrogen) atoms. The van der Waals surface area contributed by atoms with E-state index in [1.807, 2.05) is 0 Å². The number of rotatable bonds is 7. The summed E-state index contributed by atoms with van der Waals surface area (Å²) in [5.41, 5.74) is 0. The molecular formula is C12H25BrN2. The second kappa shape index (κ2) is 9.22. The van der Waals surface area contributed by atoms with Crippen LogP contribution in [0.3, 0.4) is 0 Å². The van der Waals surface area contributed by atoms with Crippen LogP contribution in [0.2, 0.25) is 0 Å². The monoisotopic (exact) mass is 276 g/mol. The maximum Gasteiger partial charge on any atom is 0.156 e. The highest BCUT2D eigenvalue weighted by Crippen LogP contribution is 2.06. The van der Waals surface area contributed by atoms with E-state index in [4.69, 9.17) is 0 Å². The summed E-state index contributed by atoms with van der Waals surface area (Å²) in [6.07, 6.45) is 12.9. The van der Waals surface area contributed by atoms with Gasteiger partial charge in [0.15, 0.2) is 6.67 Å². The van der Waals surface area contributed by atoms with Gasteiger partial charge in [-0.1, -0.05) is 39.0 Å². The van der Waals surface area contributed by atoms with Crippen LogP contribution in [-0.4, -0.2) is 25.2 Å². The van der Waals surface area contributed by atoms with Crippen LogP contribution in [0.4, 0.5) is 0 Å². The maximum absolute atomic E-state index is 2.43. The standard InChI is InChI=1S/C12H24N2.BrH/c1-3-4-5-6-7-8-9-14-11-10-13(2)12-14;/h10-11H,3-9,12H2,1-2H3;1H. The smallest absolute Gasteiger partial charge is 0.156 e. The van der Waals surface area contributed by atoms with E-state index >= 15 is 0 Å². The molecule has 1 heterocycles. The molecule has 0 fully saturated rings. The SMILES string of the molecule is CCCCCCCCN1C=C[NH+](C)C1.[Br-]. The molecule has 0 amide bonds. The fourth-order valence-electron chi connectivity index (χ4n) is 1.91. The van der Waals surface area contributed by atoms with Crippen LogP contribution in [0.5, 0.6) is 0 Å². The zero-order valence-electron chi connectivity index (χ0n) is 10.1. The first kappa shape index (κ1) is 15.0. The molecular weight excluding hydrogens is 252 g/mol. The molecule has 2 nitrogen and oxygen atoms in total. The van der Waals surface area contributed by atoms with Gasteiger partial charge in [-0.2, -0.15) is 0 Å². The first-order chi connectivity index (χ1) is 6.83. The topological polar surface area (TPSA) is 7.68 Å². The minimum atomic E-state index is 0. The van der Waals surface area contributed by atoms with Gasteiger partial charge in [0, 0.05) is 6.54 Å². The number of nitrogens with zero attached hydrogens (tertiary/aromatic N) is 1. The van der Waals surface area contributed by atoms with Crippen molar-refractivity contribution in [3.05, 3.63) is 12.4 Å². The second-order valence-corrected chi connectivity index (χ2v) is 4.40. The molecule has 1 aliphatic rings. The lowest BCUT2D eigenvalue weighted by Crippen LogP contribution is -3.03. The quantitative estimate of drug-likeness (QED) is 0.563. The lowest BCUT2D eigenvalue weighted by molar-refractivity contribution is -0.826. The van der Waals surface area contributed by atoms with Crippen molar-refractivity contribution < 1.29 is 21.9 Å². The fraction of sp³-hybridized carbons (Fsp3) is 0.833. The van der Waals surface area contributed by atoms with E-state index in [9.17, 15) is 0 Å². The lowest BCUT2D eigenvalue weighted by atomic mass is 10.1. The summed E-state index contributed by atoms with van der Waals surface area (Å²) in [7, 11) is 2.21. The van der Waals surface area contributed by atoms with Crippen LogP contribution in [-0.2, 0) is 0 Å².